The van der Waals surface area contributed by atoms with Crippen LogP contribution in [0.1, 0.15) is 59.1 Å². The lowest BCUT2D eigenvalue weighted by molar-refractivity contribution is 0.215. The van der Waals surface area contributed by atoms with Crippen molar-refractivity contribution in [2.45, 2.75) is 45.1 Å². The second-order valence-electron chi connectivity index (χ2n) is 5.96. The van der Waals surface area contributed by atoms with Crippen LogP contribution in [0.2, 0.25) is 0 Å². The van der Waals surface area contributed by atoms with Crippen molar-refractivity contribution in [3.63, 3.8) is 0 Å². The van der Waals surface area contributed by atoms with E-state index in [9.17, 15) is 5.11 Å². The van der Waals surface area contributed by atoms with Gasteiger partial charge in [-0.1, -0.05) is 48.9 Å². The molecule has 0 spiro atoms. The van der Waals surface area contributed by atoms with E-state index in [0.29, 0.717) is 5.92 Å². The highest BCUT2D eigenvalue weighted by Gasteiger charge is 2.25. The molecule has 1 saturated carbocycles. The second kappa shape index (κ2) is 5.41. The van der Waals surface area contributed by atoms with E-state index in [4.69, 9.17) is 0 Å². The second-order valence-corrected chi connectivity index (χ2v) is 5.96. The largest absolute Gasteiger partial charge is 0.384 e. The van der Waals surface area contributed by atoms with Crippen LogP contribution in [0.5, 0.6) is 0 Å². The van der Waals surface area contributed by atoms with Gasteiger partial charge in [0.1, 0.15) is 6.10 Å². The summed E-state index contributed by atoms with van der Waals surface area (Å²) in [4.78, 5) is 0. The molecule has 0 heterocycles. The summed E-state index contributed by atoms with van der Waals surface area (Å²) in [6.45, 7) is 4.16. The Kier molecular flexibility index (Phi) is 3.62. The van der Waals surface area contributed by atoms with Gasteiger partial charge < -0.3 is 5.11 Å². The first kappa shape index (κ1) is 13.4. The van der Waals surface area contributed by atoms with Crippen molar-refractivity contribution in [2.75, 3.05) is 0 Å². The molecule has 1 heteroatoms. The zero-order valence-corrected chi connectivity index (χ0v) is 12.3. The summed E-state index contributed by atoms with van der Waals surface area (Å²) in [5, 5.41) is 10.9. The van der Waals surface area contributed by atoms with Crippen molar-refractivity contribution >= 4 is 0 Å². The molecule has 1 aliphatic rings. The predicted octanol–water partition coefficient (Wildman–Crippen LogP) is 4.65. The topological polar surface area (TPSA) is 20.2 Å². The Bertz CT molecular complexity index is 591. The molecule has 0 bridgehead atoms. The summed E-state index contributed by atoms with van der Waals surface area (Å²) in [6.07, 6.45) is 3.33. The molecule has 0 amide bonds. The van der Waals surface area contributed by atoms with E-state index in [2.05, 4.69) is 50.2 Å². The van der Waals surface area contributed by atoms with Gasteiger partial charge in [-0.05, 0) is 60.4 Å². The van der Waals surface area contributed by atoms with E-state index in [-0.39, 0.29) is 0 Å². The van der Waals surface area contributed by atoms with Gasteiger partial charge in [0, 0.05) is 0 Å². The molecule has 1 fully saturated rings. The van der Waals surface area contributed by atoms with Crippen molar-refractivity contribution in [3.05, 3.63) is 70.3 Å². The van der Waals surface area contributed by atoms with Crippen LogP contribution < -0.4 is 0 Å². The van der Waals surface area contributed by atoms with E-state index < -0.39 is 6.10 Å². The monoisotopic (exact) mass is 266 g/mol. The molecule has 0 aromatic heterocycles. The fraction of sp³-hybridized carbons (Fsp3) is 0.368. The molecule has 2 aromatic carbocycles. The van der Waals surface area contributed by atoms with E-state index in [1.807, 2.05) is 6.07 Å². The average Bonchev–Trinajstić information content (AvgIpc) is 2.37. The van der Waals surface area contributed by atoms with Crippen molar-refractivity contribution in [3.8, 4) is 0 Å². The van der Waals surface area contributed by atoms with Gasteiger partial charge in [0.15, 0.2) is 0 Å². The molecule has 2 aromatic rings. The Morgan fingerprint density at radius 2 is 1.60 bits per heavy atom. The molecule has 3 rings (SSSR count). The molecule has 1 unspecified atom stereocenters. The molecule has 104 valence electrons. The van der Waals surface area contributed by atoms with Crippen LogP contribution >= 0.6 is 0 Å². The SMILES string of the molecule is Cc1cccc(C)c1C(O)c1ccccc1C1CCC1. The lowest BCUT2D eigenvalue weighted by Gasteiger charge is -2.30. The quantitative estimate of drug-likeness (QED) is 0.857. The van der Waals surface area contributed by atoms with Crippen molar-refractivity contribution in [1.29, 1.82) is 0 Å². The normalized spacial score (nSPS) is 16.8. The van der Waals surface area contributed by atoms with Crippen molar-refractivity contribution < 1.29 is 5.11 Å². The Hall–Kier alpha value is -1.60. The van der Waals surface area contributed by atoms with Gasteiger partial charge in [0.25, 0.3) is 0 Å². The van der Waals surface area contributed by atoms with E-state index in [0.717, 1.165) is 11.1 Å². The van der Waals surface area contributed by atoms with Crippen LogP contribution in [-0.4, -0.2) is 5.11 Å². The van der Waals surface area contributed by atoms with Gasteiger partial charge in [0.2, 0.25) is 0 Å². The zero-order valence-electron chi connectivity index (χ0n) is 12.3. The highest BCUT2D eigenvalue weighted by Crippen LogP contribution is 2.41. The fourth-order valence-electron chi connectivity index (χ4n) is 3.27. The Morgan fingerprint density at radius 1 is 0.950 bits per heavy atom. The molecule has 20 heavy (non-hydrogen) atoms. The van der Waals surface area contributed by atoms with Gasteiger partial charge >= 0.3 is 0 Å². The molecular formula is C19H22O. The molecule has 1 N–H and O–H groups in total. The number of hydrogen-bond donors (Lipinski definition) is 1. The maximum absolute atomic E-state index is 10.9. The van der Waals surface area contributed by atoms with Crippen LogP contribution in [0, 0.1) is 13.8 Å². The lowest BCUT2D eigenvalue weighted by atomic mass is 9.76. The van der Waals surface area contributed by atoms with E-state index in [1.54, 1.807) is 0 Å². The van der Waals surface area contributed by atoms with Crippen LogP contribution in [0.3, 0.4) is 0 Å². The number of aryl methyl sites for hydroxylation is 2. The van der Waals surface area contributed by atoms with Crippen LogP contribution in [0.25, 0.3) is 0 Å². The third kappa shape index (κ3) is 2.27. The molecule has 0 radical (unpaired) electrons. The number of rotatable bonds is 3. The van der Waals surface area contributed by atoms with Crippen LogP contribution in [0.15, 0.2) is 42.5 Å². The fourth-order valence-corrected chi connectivity index (χ4v) is 3.27. The third-order valence-corrected chi connectivity index (χ3v) is 4.65. The number of hydrogen-bond acceptors (Lipinski definition) is 1. The van der Waals surface area contributed by atoms with Crippen molar-refractivity contribution in [2.24, 2.45) is 0 Å². The number of benzene rings is 2. The Labute approximate surface area is 121 Å². The predicted molar refractivity (Wildman–Crippen MR) is 83.0 cm³/mol. The maximum Gasteiger partial charge on any atom is 0.105 e. The smallest absolute Gasteiger partial charge is 0.105 e. The average molecular weight is 266 g/mol. The highest BCUT2D eigenvalue weighted by atomic mass is 16.3. The Morgan fingerprint density at radius 3 is 2.20 bits per heavy atom. The molecule has 0 saturated heterocycles. The lowest BCUT2D eigenvalue weighted by Crippen LogP contribution is -2.14. The van der Waals surface area contributed by atoms with Gasteiger partial charge in [0.05, 0.1) is 0 Å². The summed E-state index contributed by atoms with van der Waals surface area (Å²) in [5.74, 6) is 0.644. The number of aliphatic hydroxyl groups excluding tert-OH is 1. The summed E-state index contributed by atoms with van der Waals surface area (Å²) >= 11 is 0. The molecule has 1 atom stereocenters. The minimum atomic E-state index is -0.506. The third-order valence-electron chi connectivity index (χ3n) is 4.65. The first-order valence-electron chi connectivity index (χ1n) is 7.51. The first-order valence-corrected chi connectivity index (χ1v) is 7.51. The number of aliphatic hydroxyl groups is 1. The summed E-state index contributed by atoms with van der Waals surface area (Å²) in [7, 11) is 0. The van der Waals surface area contributed by atoms with Crippen LogP contribution in [0.4, 0.5) is 0 Å². The van der Waals surface area contributed by atoms with Gasteiger partial charge in [-0.2, -0.15) is 0 Å². The molecule has 1 nitrogen and oxygen atoms in total. The highest BCUT2D eigenvalue weighted by molar-refractivity contribution is 5.44. The van der Waals surface area contributed by atoms with E-state index in [1.165, 1.54) is 36.0 Å². The standard InChI is InChI=1S/C19H22O/c1-13-7-5-8-14(2)18(13)19(20)17-12-4-3-11-16(17)15-9-6-10-15/h3-5,7-8,11-12,15,19-20H,6,9-10H2,1-2H3. The summed E-state index contributed by atoms with van der Waals surface area (Å²) in [5.41, 5.74) is 5.84. The van der Waals surface area contributed by atoms with E-state index >= 15 is 0 Å². The van der Waals surface area contributed by atoms with Crippen LogP contribution in [-0.2, 0) is 0 Å². The van der Waals surface area contributed by atoms with Gasteiger partial charge in [-0.25, -0.2) is 0 Å². The molecule has 1 aliphatic carbocycles. The van der Waals surface area contributed by atoms with Gasteiger partial charge in [-0.3, -0.25) is 0 Å². The van der Waals surface area contributed by atoms with Gasteiger partial charge in [-0.15, -0.1) is 0 Å². The minimum Gasteiger partial charge on any atom is -0.384 e. The molecular weight excluding hydrogens is 244 g/mol. The Balaban J connectivity index is 2.04. The van der Waals surface area contributed by atoms with Crippen molar-refractivity contribution in [1.82, 2.24) is 0 Å². The maximum atomic E-state index is 10.9. The minimum absolute atomic E-state index is 0.506. The summed E-state index contributed by atoms with van der Waals surface area (Å²) < 4.78 is 0. The summed E-state index contributed by atoms with van der Waals surface area (Å²) in [6, 6.07) is 14.6. The molecule has 0 aliphatic heterocycles. The zero-order chi connectivity index (χ0) is 14.1. The first-order chi connectivity index (χ1) is 9.68.